The maximum absolute atomic E-state index is 13.2. The second-order valence-corrected chi connectivity index (χ2v) is 12.1. The van der Waals surface area contributed by atoms with Crippen LogP contribution in [0.25, 0.3) is 0 Å². The van der Waals surface area contributed by atoms with Crippen LogP contribution in [0.3, 0.4) is 0 Å². The fourth-order valence-corrected chi connectivity index (χ4v) is 6.31. The molecule has 8 N–H and O–H groups in total. The third-order valence-electron chi connectivity index (χ3n) is 5.85. The Labute approximate surface area is 223 Å². The number of aromatic amines is 1. The van der Waals surface area contributed by atoms with Gasteiger partial charge in [0.2, 0.25) is 29.5 Å². The molecule has 0 aliphatic carbocycles. The summed E-state index contributed by atoms with van der Waals surface area (Å²) < 4.78 is 0. The van der Waals surface area contributed by atoms with Crippen LogP contribution in [0.5, 0.6) is 0 Å². The van der Waals surface area contributed by atoms with Crippen molar-refractivity contribution in [2.24, 2.45) is 17.4 Å². The van der Waals surface area contributed by atoms with E-state index in [2.05, 4.69) is 25.9 Å². The number of H-pyrrole nitrogens is 1. The number of imidazole rings is 1. The molecule has 37 heavy (non-hydrogen) atoms. The average molecular weight is 557 g/mol. The molecule has 1 aliphatic rings. The third-order valence-corrected chi connectivity index (χ3v) is 8.47. The molecule has 0 unspecified atom stereocenters. The number of rotatable bonds is 4. The number of primary amides is 1. The van der Waals surface area contributed by atoms with E-state index < -0.39 is 59.2 Å². The smallest absolute Gasteiger partial charge is 0.245 e. The Morgan fingerprint density at radius 1 is 1.19 bits per heavy atom. The monoisotopic (exact) mass is 556 g/mol. The number of nitrogens with zero attached hydrogens (tertiary/aromatic N) is 2. The van der Waals surface area contributed by atoms with Crippen LogP contribution in [-0.4, -0.2) is 92.7 Å². The van der Waals surface area contributed by atoms with Gasteiger partial charge in [-0.1, -0.05) is 35.4 Å². The second-order valence-electron chi connectivity index (χ2n) is 9.60. The second kappa shape index (κ2) is 13.1. The van der Waals surface area contributed by atoms with Crippen LogP contribution >= 0.6 is 21.6 Å². The van der Waals surface area contributed by atoms with Gasteiger partial charge in [0.05, 0.1) is 6.33 Å². The molecular formula is C22H36N8O5S2. The molecule has 1 aromatic rings. The van der Waals surface area contributed by atoms with Gasteiger partial charge in [0.1, 0.15) is 29.7 Å². The first-order valence-electron chi connectivity index (χ1n) is 11.7. The first-order valence-corrected chi connectivity index (χ1v) is 14.2. The maximum Gasteiger partial charge on any atom is 0.245 e. The number of likely N-dealkylation sites (N-methyl/N-ethyl adjacent to an activating group) is 1. The first kappa shape index (κ1) is 30.4. The van der Waals surface area contributed by atoms with E-state index in [0.29, 0.717) is 5.69 Å². The number of amides is 5. The highest BCUT2D eigenvalue weighted by Gasteiger charge is 2.37. The Morgan fingerprint density at radius 3 is 2.43 bits per heavy atom. The molecular weight excluding hydrogens is 520 g/mol. The van der Waals surface area contributed by atoms with Crippen molar-refractivity contribution in [2.45, 2.75) is 63.8 Å². The number of carbonyl (C=O) groups is 5. The molecule has 2 rings (SSSR count). The molecule has 0 spiro atoms. The summed E-state index contributed by atoms with van der Waals surface area (Å²) in [4.78, 5) is 72.6. The van der Waals surface area contributed by atoms with Crippen molar-refractivity contribution in [2.75, 3.05) is 18.6 Å². The molecule has 2 heterocycles. The van der Waals surface area contributed by atoms with Gasteiger partial charge in [-0.25, -0.2) is 4.98 Å². The van der Waals surface area contributed by atoms with E-state index in [0.717, 1.165) is 0 Å². The number of hydrogen-bond acceptors (Lipinski definition) is 9. The van der Waals surface area contributed by atoms with Gasteiger partial charge in [0, 0.05) is 36.9 Å². The lowest BCUT2D eigenvalue weighted by atomic mass is 10.0. The average Bonchev–Trinajstić information content (AvgIpc) is 3.32. The van der Waals surface area contributed by atoms with E-state index in [9.17, 15) is 24.0 Å². The summed E-state index contributed by atoms with van der Waals surface area (Å²) in [6.07, 6.45) is 3.06. The molecule has 15 heteroatoms. The van der Waals surface area contributed by atoms with Gasteiger partial charge >= 0.3 is 0 Å². The molecule has 1 fully saturated rings. The highest BCUT2D eigenvalue weighted by atomic mass is 33.1. The van der Waals surface area contributed by atoms with Crippen LogP contribution in [0.1, 0.15) is 33.4 Å². The Morgan fingerprint density at radius 2 is 1.86 bits per heavy atom. The summed E-state index contributed by atoms with van der Waals surface area (Å²) in [7, 11) is 3.91. The molecule has 1 saturated heterocycles. The van der Waals surface area contributed by atoms with Gasteiger partial charge in [-0.2, -0.15) is 0 Å². The topological polar surface area (TPSA) is 205 Å². The van der Waals surface area contributed by atoms with E-state index >= 15 is 0 Å². The van der Waals surface area contributed by atoms with Crippen LogP contribution in [0.15, 0.2) is 12.5 Å². The van der Waals surface area contributed by atoms with Crippen molar-refractivity contribution in [1.29, 1.82) is 0 Å². The standard InChI is InChI=1S/C22H36N8O5S2/c1-11(2)16-19(33)28-15(17(23)31)8-36-37-9-22(4,24)21(35)29-14(6-13-7-25-10-26-13)18(32)27-12(3)20(34)30(16)5/h7,10-12,14-16H,6,8-9,24H2,1-5H3,(H2,23,31)(H,25,26)(H,27,32)(H,28,33)(H,29,35)/t12-,14-,15-,16-,22-/m0/s1. The SMILES string of the molecule is CC(C)[C@H]1C(=O)N[C@H](C(N)=O)CSSC[C@](C)(N)C(=O)N[C@@H](Cc2cnc[nH]2)C(=O)N[C@@H](C)C(=O)N1C. The van der Waals surface area contributed by atoms with Gasteiger partial charge in [0.25, 0.3) is 0 Å². The molecule has 0 radical (unpaired) electrons. The number of carbonyl (C=O) groups excluding carboxylic acids is 5. The molecule has 0 saturated carbocycles. The molecule has 5 amide bonds. The number of nitrogens with one attached hydrogen (secondary N) is 4. The van der Waals surface area contributed by atoms with Gasteiger partial charge in [-0.3, -0.25) is 24.0 Å². The number of hydrogen-bond donors (Lipinski definition) is 6. The third kappa shape index (κ3) is 8.36. The van der Waals surface area contributed by atoms with Crippen molar-refractivity contribution in [3.8, 4) is 0 Å². The normalized spacial score (nSPS) is 29.3. The van der Waals surface area contributed by atoms with Gasteiger partial charge < -0.3 is 37.3 Å². The highest BCUT2D eigenvalue weighted by Crippen LogP contribution is 2.26. The van der Waals surface area contributed by atoms with Crippen LogP contribution < -0.4 is 27.4 Å². The zero-order valence-electron chi connectivity index (χ0n) is 21.6. The van der Waals surface area contributed by atoms with E-state index in [1.807, 2.05) is 0 Å². The van der Waals surface area contributed by atoms with Crippen LogP contribution in [0.2, 0.25) is 0 Å². The van der Waals surface area contributed by atoms with E-state index in [1.165, 1.54) is 59.9 Å². The van der Waals surface area contributed by atoms with Crippen molar-refractivity contribution >= 4 is 51.1 Å². The van der Waals surface area contributed by atoms with Gasteiger partial charge in [0.15, 0.2) is 0 Å². The Kier molecular flexibility index (Phi) is 10.8. The predicted molar refractivity (Wildman–Crippen MR) is 142 cm³/mol. The van der Waals surface area contributed by atoms with Crippen LogP contribution in [-0.2, 0) is 30.4 Å². The highest BCUT2D eigenvalue weighted by molar-refractivity contribution is 8.76. The van der Waals surface area contributed by atoms with Crippen molar-refractivity contribution in [3.05, 3.63) is 18.2 Å². The van der Waals surface area contributed by atoms with E-state index in [1.54, 1.807) is 13.8 Å². The summed E-state index contributed by atoms with van der Waals surface area (Å²) in [6, 6.07) is -3.99. The minimum Gasteiger partial charge on any atom is -0.368 e. The van der Waals surface area contributed by atoms with Crippen LogP contribution in [0.4, 0.5) is 0 Å². The lowest BCUT2D eigenvalue weighted by Crippen LogP contribution is -2.61. The van der Waals surface area contributed by atoms with Crippen LogP contribution in [0, 0.1) is 5.92 Å². The lowest BCUT2D eigenvalue weighted by molar-refractivity contribution is -0.143. The molecule has 13 nitrogen and oxygen atoms in total. The Hall–Kier alpha value is -2.78. The predicted octanol–water partition coefficient (Wildman–Crippen LogP) is -1.49. The summed E-state index contributed by atoms with van der Waals surface area (Å²) >= 11 is 0. The minimum absolute atomic E-state index is 0.0869. The summed E-state index contributed by atoms with van der Waals surface area (Å²) in [5.41, 5.74) is 11.0. The maximum atomic E-state index is 13.2. The summed E-state index contributed by atoms with van der Waals surface area (Å²) in [6.45, 7) is 6.54. The molecule has 206 valence electrons. The van der Waals surface area contributed by atoms with Crippen molar-refractivity contribution < 1.29 is 24.0 Å². The van der Waals surface area contributed by atoms with Gasteiger partial charge in [-0.05, 0) is 19.8 Å². The molecule has 1 aromatic heterocycles. The quantitative estimate of drug-likeness (QED) is 0.239. The van der Waals surface area contributed by atoms with E-state index in [4.69, 9.17) is 11.5 Å². The molecule has 1 aliphatic heterocycles. The zero-order chi connectivity index (χ0) is 27.9. The molecule has 0 bridgehead atoms. The van der Waals surface area contributed by atoms with E-state index in [-0.39, 0.29) is 23.8 Å². The lowest BCUT2D eigenvalue weighted by Gasteiger charge is -2.33. The number of nitrogens with two attached hydrogens (primary N) is 2. The Bertz CT molecular complexity index is 988. The summed E-state index contributed by atoms with van der Waals surface area (Å²) in [5, 5.41) is 7.95. The fourth-order valence-electron chi connectivity index (χ4n) is 3.69. The summed E-state index contributed by atoms with van der Waals surface area (Å²) in [5.74, 6) is -2.99. The fraction of sp³-hybridized carbons (Fsp3) is 0.636. The zero-order valence-corrected chi connectivity index (χ0v) is 23.2. The van der Waals surface area contributed by atoms with Gasteiger partial charge in [-0.15, -0.1) is 0 Å². The number of aromatic nitrogens is 2. The largest absolute Gasteiger partial charge is 0.368 e. The Balaban J connectivity index is 2.39. The molecule has 0 aromatic carbocycles. The first-order chi connectivity index (χ1) is 17.2. The minimum atomic E-state index is -1.37. The molecule has 5 atom stereocenters. The van der Waals surface area contributed by atoms with Crippen molar-refractivity contribution in [3.63, 3.8) is 0 Å². The van der Waals surface area contributed by atoms with Crippen molar-refractivity contribution in [1.82, 2.24) is 30.8 Å².